The third-order valence-corrected chi connectivity index (χ3v) is 3.95. The molecule has 0 fully saturated rings. The number of hydrogen-bond acceptors (Lipinski definition) is 2. The highest BCUT2D eigenvalue weighted by Crippen LogP contribution is 2.34. The smallest absolute Gasteiger partial charge is 0.337 e. The third kappa shape index (κ3) is 3.27. The van der Waals surface area contributed by atoms with Crippen molar-refractivity contribution in [1.29, 1.82) is 0 Å². The number of H-pyrrole nitrogens is 1. The average molecular weight is 337 g/mol. The number of nitrogens with one attached hydrogen (secondary N) is 3. The Labute approximate surface area is 134 Å². The monoisotopic (exact) mass is 337 g/mol. The molecule has 0 spiro atoms. The zero-order valence-corrected chi connectivity index (χ0v) is 12.4. The summed E-state index contributed by atoms with van der Waals surface area (Å²) in [6.07, 6.45) is -3.20. The van der Waals surface area contributed by atoms with Crippen molar-refractivity contribution in [3.05, 3.63) is 63.6 Å². The minimum Gasteiger partial charge on any atom is -0.337 e. The number of hydrogen-bond donors (Lipinski definition) is 3. The summed E-state index contributed by atoms with van der Waals surface area (Å²) < 4.78 is 37.9. The lowest BCUT2D eigenvalue weighted by molar-refractivity contribution is -0.137. The summed E-state index contributed by atoms with van der Waals surface area (Å²) in [6.45, 7) is 0.347. The van der Waals surface area contributed by atoms with Crippen LogP contribution in [0.15, 0.2) is 41.3 Å². The lowest BCUT2D eigenvalue weighted by Gasteiger charge is -2.30. The van der Waals surface area contributed by atoms with Gasteiger partial charge in [0.15, 0.2) is 0 Å². The number of halogens is 3. The number of pyridine rings is 1. The number of carbonyl (C=O) groups excluding carboxylic acids is 1. The average Bonchev–Trinajstić information content (AvgIpc) is 2.49. The lowest BCUT2D eigenvalue weighted by atomic mass is 9.78. The summed E-state index contributed by atoms with van der Waals surface area (Å²) in [5.74, 6) is 0.173. The van der Waals surface area contributed by atoms with Crippen molar-refractivity contribution in [2.24, 2.45) is 0 Å². The number of fused-ring (bicyclic) bond motifs is 1. The summed E-state index contributed by atoms with van der Waals surface area (Å²) in [5, 5.41) is 4.73. The highest BCUT2D eigenvalue weighted by atomic mass is 19.4. The molecule has 0 radical (unpaired) electrons. The van der Waals surface area contributed by atoms with Gasteiger partial charge >= 0.3 is 12.2 Å². The second-order valence-electron chi connectivity index (χ2n) is 5.56. The normalized spacial score (nSPS) is 16.0. The number of aromatic amines is 1. The Hall–Kier alpha value is -2.77. The van der Waals surface area contributed by atoms with Crippen molar-refractivity contribution in [2.45, 2.75) is 18.5 Å². The van der Waals surface area contributed by atoms with Crippen LogP contribution in [0.1, 0.15) is 22.6 Å². The van der Waals surface area contributed by atoms with Gasteiger partial charge in [-0.15, -0.1) is 0 Å². The zero-order chi connectivity index (χ0) is 17.3. The van der Waals surface area contributed by atoms with E-state index in [9.17, 15) is 22.8 Å². The lowest BCUT2D eigenvalue weighted by Crippen LogP contribution is -2.37. The first kappa shape index (κ1) is 16.1. The van der Waals surface area contributed by atoms with Gasteiger partial charge in [-0.1, -0.05) is 24.3 Å². The predicted octanol–water partition coefficient (Wildman–Crippen LogP) is 2.86. The van der Waals surface area contributed by atoms with Crippen molar-refractivity contribution in [2.75, 3.05) is 11.9 Å². The Kier molecular flexibility index (Phi) is 4.04. The number of benzene rings is 1. The van der Waals surface area contributed by atoms with Crippen LogP contribution in [0.2, 0.25) is 0 Å². The highest BCUT2D eigenvalue weighted by molar-refractivity contribution is 5.89. The van der Waals surface area contributed by atoms with Crippen LogP contribution < -0.4 is 16.2 Å². The summed E-state index contributed by atoms with van der Waals surface area (Å²) in [6, 6.07) is 7.72. The van der Waals surface area contributed by atoms with Gasteiger partial charge in [-0.05, 0) is 23.6 Å². The summed E-state index contributed by atoms with van der Waals surface area (Å²) in [7, 11) is 0. The van der Waals surface area contributed by atoms with E-state index in [1.807, 2.05) is 29.2 Å². The minimum atomic E-state index is -4.60. The summed E-state index contributed by atoms with van der Waals surface area (Å²) in [4.78, 5) is 25.3. The van der Waals surface area contributed by atoms with E-state index in [4.69, 9.17) is 0 Å². The number of anilines is 1. The molecule has 24 heavy (non-hydrogen) atoms. The molecule has 0 aliphatic heterocycles. The van der Waals surface area contributed by atoms with Crippen molar-refractivity contribution in [3.63, 3.8) is 0 Å². The van der Waals surface area contributed by atoms with Crippen molar-refractivity contribution in [3.8, 4) is 0 Å². The van der Waals surface area contributed by atoms with E-state index in [1.54, 1.807) is 0 Å². The largest absolute Gasteiger partial charge is 0.417 e. The Bertz CT molecular complexity index is 830. The van der Waals surface area contributed by atoms with Gasteiger partial charge < -0.3 is 15.6 Å². The number of aromatic nitrogens is 1. The van der Waals surface area contributed by atoms with Gasteiger partial charge in [-0.2, -0.15) is 13.2 Å². The quantitative estimate of drug-likeness (QED) is 0.806. The van der Waals surface area contributed by atoms with Gasteiger partial charge in [0.1, 0.15) is 5.69 Å². The second kappa shape index (κ2) is 6.03. The highest BCUT2D eigenvalue weighted by Gasteiger charge is 2.31. The molecule has 1 aliphatic rings. The van der Waals surface area contributed by atoms with Gasteiger partial charge in [0.05, 0.1) is 5.56 Å². The molecule has 1 aromatic heterocycles. The van der Waals surface area contributed by atoms with Crippen LogP contribution in [0, 0.1) is 0 Å². The van der Waals surface area contributed by atoms with Crippen molar-refractivity contribution >= 4 is 11.7 Å². The summed E-state index contributed by atoms with van der Waals surface area (Å²) in [5.41, 5.74) is 0.0857. The Morgan fingerprint density at radius 2 is 2.04 bits per heavy atom. The Morgan fingerprint density at radius 1 is 1.29 bits per heavy atom. The molecule has 3 N–H and O–H groups in total. The number of rotatable bonds is 3. The first-order valence-electron chi connectivity index (χ1n) is 7.27. The fourth-order valence-electron chi connectivity index (χ4n) is 2.67. The van der Waals surface area contributed by atoms with E-state index in [1.165, 1.54) is 5.56 Å². The van der Waals surface area contributed by atoms with E-state index >= 15 is 0 Å². The number of carbonyl (C=O) groups is 1. The van der Waals surface area contributed by atoms with Gasteiger partial charge in [0.2, 0.25) is 0 Å². The van der Waals surface area contributed by atoms with Crippen LogP contribution in [-0.2, 0) is 12.6 Å². The molecule has 1 aliphatic carbocycles. The zero-order valence-electron chi connectivity index (χ0n) is 12.4. The fraction of sp³-hybridized carbons (Fsp3) is 0.250. The van der Waals surface area contributed by atoms with Crippen LogP contribution >= 0.6 is 0 Å². The second-order valence-corrected chi connectivity index (χ2v) is 5.56. The first-order chi connectivity index (χ1) is 11.3. The van der Waals surface area contributed by atoms with Gasteiger partial charge in [-0.25, -0.2) is 4.79 Å². The van der Waals surface area contributed by atoms with E-state index in [0.29, 0.717) is 18.8 Å². The standard InChI is InChI=1S/C16H14F3N3O2/c17-16(18,19)11-6-13(14(23)20-8-11)22-15(24)21-7-10-5-9-3-1-2-4-12(9)10/h1-4,6,8,10H,5,7H2,(H,20,23)(H2,21,22,24)/t10-/m0/s1. The number of alkyl halides is 3. The van der Waals surface area contributed by atoms with Gasteiger partial charge in [-0.3, -0.25) is 4.79 Å². The maximum atomic E-state index is 12.6. The Balaban J connectivity index is 1.61. The van der Waals surface area contributed by atoms with Gasteiger partial charge in [0.25, 0.3) is 5.56 Å². The molecule has 5 nitrogen and oxygen atoms in total. The molecule has 8 heteroatoms. The molecule has 0 saturated carbocycles. The van der Waals surface area contributed by atoms with Crippen LogP contribution in [0.4, 0.5) is 23.7 Å². The molecule has 2 amide bonds. The predicted molar refractivity (Wildman–Crippen MR) is 82.0 cm³/mol. The SMILES string of the molecule is O=C(NC[C@@H]1Cc2ccccc21)Nc1cc(C(F)(F)F)c[nH]c1=O. The van der Waals surface area contributed by atoms with E-state index in [0.717, 1.165) is 12.0 Å². The fourth-order valence-corrected chi connectivity index (χ4v) is 2.67. The molecule has 2 aromatic rings. The molecule has 1 aromatic carbocycles. The van der Waals surface area contributed by atoms with Crippen LogP contribution in [0.25, 0.3) is 0 Å². The maximum absolute atomic E-state index is 12.6. The number of amides is 2. The Morgan fingerprint density at radius 3 is 2.75 bits per heavy atom. The maximum Gasteiger partial charge on any atom is 0.417 e. The molecule has 3 rings (SSSR count). The first-order valence-corrected chi connectivity index (χ1v) is 7.27. The van der Waals surface area contributed by atoms with Crippen LogP contribution in [-0.4, -0.2) is 17.6 Å². The van der Waals surface area contributed by atoms with Crippen molar-refractivity contribution < 1.29 is 18.0 Å². The topological polar surface area (TPSA) is 74.0 Å². The number of urea groups is 1. The van der Waals surface area contributed by atoms with E-state index in [-0.39, 0.29) is 5.92 Å². The molecular formula is C16H14F3N3O2. The van der Waals surface area contributed by atoms with E-state index < -0.39 is 29.0 Å². The minimum absolute atomic E-state index is 0.173. The molecule has 0 saturated heterocycles. The molecular weight excluding hydrogens is 323 g/mol. The van der Waals surface area contributed by atoms with Crippen LogP contribution in [0.5, 0.6) is 0 Å². The van der Waals surface area contributed by atoms with Crippen molar-refractivity contribution in [1.82, 2.24) is 10.3 Å². The molecule has 1 heterocycles. The molecule has 0 bridgehead atoms. The van der Waals surface area contributed by atoms with Gasteiger partial charge in [0, 0.05) is 18.7 Å². The molecule has 0 unspecified atom stereocenters. The van der Waals surface area contributed by atoms with Crippen LogP contribution in [0.3, 0.4) is 0 Å². The molecule has 1 atom stereocenters. The third-order valence-electron chi connectivity index (χ3n) is 3.95. The van der Waals surface area contributed by atoms with E-state index in [2.05, 4.69) is 10.6 Å². The molecule has 126 valence electrons. The summed E-state index contributed by atoms with van der Waals surface area (Å²) >= 11 is 0.